The lowest BCUT2D eigenvalue weighted by atomic mass is 10.0. The van der Waals surface area contributed by atoms with Gasteiger partial charge in [-0.3, -0.25) is 4.79 Å². The zero-order chi connectivity index (χ0) is 15.9. The summed E-state index contributed by atoms with van der Waals surface area (Å²) in [5.41, 5.74) is 0. The molecule has 1 N–H and O–H groups in total. The van der Waals surface area contributed by atoms with Crippen LogP contribution in [0.5, 0.6) is 0 Å². The standard InChI is InChI=1S/C19H37NO2/c1-2-3-4-5-6-7-8-9-10-11-12-13-14-19(21)22-18-15-16-20-17-18/h18,20H,2-17H2,1H3. The molecule has 1 heterocycles. The summed E-state index contributed by atoms with van der Waals surface area (Å²) >= 11 is 0. The van der Waals surface area contributed by atoms with Crippen LogP contribution >= 0.6 is 0 Å². The van der Waals surface area contributed by atoms with E-state index in [1.165, 1.54) is 70.6 Å². The Morgan fingerprint density at radius 3 is 1.95 bits per heavy atom. The van der Waals surface area contributed by atoms with Crippen LogP contribution in [0.15, 0.2) is 0 Å². The second-order valence-electron chi connectivity index (χ2n) is 6.74. The van der Waals surface area contributed by atoms with Gasteiger partial charge >= 0.3 is 5.97 Å². The lowest BCUT2D eigenvalue weighted by molar-refractivity contribution is -0.148. The van der Waals surface area contributed by atoms with Crippen LogP contribution in [0, 0.1) is 0 Å². The highest BCUT2D eigenvalue weighted by atomic mass is 16.5. The molecular weight excluding hydrogens is 274 g/mol. The molecule has 1 rings (SSSR count). The van der Waals surface area contributed by atoms with Crippen LogP contribution < -0.4 is 5.32 Å². The van der Waals surface area contributed by atoms with Crippen LogP contribution in [0.25, 0.3) is 0 Å². The summed E-state index contributed by atoms with van der Waals surface area (Å²) in [7, 11) is 0. The fourth-order valence-corrected chi connectivity index (χ4v) is 3.08. The van der Waals surface area contributed by atoms with E-state index in [2.05, 4.69) is 12.2 Å². The van der Waals surface area contributed by atoms with E-state index in [4.69, 9.17) is 4.74 Å². The fraction of sp³-hybridized carbons (Fsp3) is 0.947. The Labute approximate surface area is 137 Å². The second-order valence-corrected chi connectivity index (χ2v) is 6.74. The number of carbonyl (C=O) groups excluding carboxylic acids is 1. The number of ether oxygens (including phenoxy) is 1. The van der Waals surface area contributed by atoms with Gasteiger partial charge in [0, 0.05) is 13.0 Å². The molecule has 0 saturated carbocycles. The molecule has 1 aliphatic heterocycles. The van der Waals surface area contributed by atoms with Gasteiger partial charge in [0.25, 0.3) is 0 Å². The van der Waals surface area contributed by atoms with Crippen molar-refractivity contribution in [2.45, 2.75) is 103 Å². The first-order chi connectivity index (χ1) is 10.8. The lowest BCUT2D eigenvalue weighted by Crippen LogP contribution is -2.20. The monoisotopic (exact) mass is 311 g/mol. The molecule has 0 bridgehead atoms. The van der Waals surface area contributed by atoms with Crippen LogP contribution in [0.1, 0.15) is 96.8 Å². The van der Waals surface area contributed by atoms with Gasteiger partial charge < -0.3 is 10.1 Å². The molecule has 0 amide bonds. The molecule has 1 unspecified atom stereocenters. The van der Waals surface area contributed by atoms with Crippen molar-refractivity contribution >= 4 is 5.97 Å². The molecule has 1 fully saturated rings. The van der Waals surface area contributed by atoms with Crippen LogP contribution in [0.4, 0.5) is 0 Å². The predicted molar refractivity (Wildman–Crippen MR) is 93.1 cm³/mol. The summed E-state index contributed by atoms with van der Waals surface area (Å²) in [4.78, 5) is 11.6. The van der Waals surface area contributed by atoms with Gasteiger partial charge in [0.05, 0.1) is 0 Å². The summed E-state index contributed by atoms with van der Waals surface area (Å²) in [6.45, 7) is 4.09. The van der Waals surface area contributed by atoms with Crippen molar-refractivity contribution in [2.75, 3.05) is 13.1 Å². The summed E-state index contributed by atoms with van der Waals surface area (Å²) in [6.07, 6.45) is 17.7. The predicted octanol–water partition coefficient (Wildman–Crippen LogP) is 4.98. The smallest absolute Gasteiger partial charge is 0.306 e. The van der Waals surface area contributed by atoms with Crippen molar-refractivity contribution in [3.63, 3.8) is 0 Å². The average Bonchev–Trinajstić information content (AvgIpc) is 3.01. The molecular formula is C19H37NO2. The molecule has 1 aliphatic rings. The van der Waals surface area contributed by atoms with E-state index >= 15 is 0 Å². The van der Waals surface area contributed by atoms with Crippen LogP contribution in [-0.2, 0) is 9.53 Å². The third-order valence-corrected chi connectivity index (χ3v) is 4.55. The Bertz CT molecular complexity index is 262. The third kappa shape index (κ3) is 11.1. The molecule has 1 saturated heterocycles. The minimum absolute atomic E-state index is 0.000722. The highest BCUT2D eigenvalue weighted by Crippen LogP contribution is 2.13. The van der Waals surface area contributed by atoms with Gasteiger partial charge in [-0.25, -0.2) is 0 Å². The first-order valence-electron chi connectivity index (χ1n) is 9.73. The molecule has 0 aromatic carbocycles. The number of nitrogens with one attached hydrogen (secondary N) is 1. The normalized spacial score (nSPS) is 17.8. The average molecular weight is 312 g/mol. The Balaban J connectivity index is 1.75. The number of carbonyl (C=O) groups is 1. The zero-order valence-corrected chi connectivity index (χ0v) is 14.7. The molecule has 1 atom stereocenters. The number of esters is 1. The molecule has 0 spiro atoms. The maximum atomic E-state index is 11.6. The molecule has 130 valence electrons. The maximum Gasteiger partial charge on any atom is 0.306 e. The second kappa shape index (κ2) is 14.0. The quantitative estimate of drug-likeness (QED) is 0.363. The number of hydrogen-bond acceptors (Lipinski definition) is 3. The first-order valence-corrected chi connectivity index (χ1v) is 9.73. The van der Waals surface area contributed by atoms with E-state index < -0.39 is 0 Å². The highest BCUT2D eigenvalue weighted by molar-refractivity contribution is 5.69. The summed E-state index contributed by atoms with van der Waals surface area (Å²) in [5.74, 6) is 0.000722. The van der Waals surface area contributed by atoms with Gasteiger partial charge in [0.1, 0.15) is 6.10 Å². The van der Waals surface area contributed by atoms with Gasteiger partial charge in [-0.05, 0) is 19.4 Å². The Hall–Kier alpha value is -0.570. The van der Waals surface area contributed by atoms with Crippen molar-refractivity contribution in [3.05, 3.63) is 0 Å². The van der Waals surface area contributed by atoms with Gasteiger partial charge in [-0.15, -0.1) is 0 Å². The van der Waals surface area contributed by atoms with Crippen LogP contribution in [-0.4, -0.2) is 25.2 Å². The van der Waals surface area contributed by atoms with Gasteiger partial charge in [-0.1, -0.05) is 77.6 Å². The Kier molecular flexibility index (Phi) is 12.4. The van der Waals surface area contributed by atoms with Crippen molar-refractivity contribution < 1.29 is 9.53 Å². The number of rotatable bonds is 14. The largest absolute Gasteiger partial charge is 0.461 e. The maximum absolute atomic E-state index is 11.6. The molecule has 0 aliphatic carbocycles. The minimum Gasteiger partial charge on any atom is -0.461 e. The third-order valence-electron chi connectivity index (χ3n) is 4.55. The lowest BCUT2D eigenvalue weighted by Gasteiger charge is -2.10. The molecule has 22 heavy (non-hydrogen) atoms. The molecule has 3 nitrogen and oxygen atoms in total. The van der Waals surface area contributed by atoms with Gasteiger partial charge in [0.15, 0.2) is 0 Å². The first kappa shape index (κ1) is 19.5. The minimum atomic E-state index is 0.000722. The SMILES string of the molecule is CCCCCCCCCCCCCCC(=O)OC1CCNC1. The Morgan fingerprint density at radius 1 is 0.909 bits per heavy atom. The molecule has 0 radical (unpaired) electrons. The van der Waals surface area contributed by atoms with Gasteiger partial charge in [-0.2, -0.15) is 0 Å². The zero-order valence-electron chi connectivity index (χ0n) is 14.7. The highest BCUT2D eigenvalue weighted by Gasteiger charge is 2.18. The summed E-state index contributed by atoms with van der Waals surface area (Å²) in [6, 6.07) is 0. The Morgan fingerprint density at radius 2 is 1.45 bits per heavy atom. The molecule has 3 heteroatoms. The van der Waals surface area contributed by atoms with Crippen molar-refractivity contribution in [1.29, 1.82) is 0 Å². The van der Waals surface area contributed by atoms with Crippen LogP contribution in [0.3, 0.4) is 0 Å². The van der Waals surface area contributed by atoms with E-state index in [1.807, 2.05) is 0 Å². The molecule has 0 aromatic rings. The van der Waals surface area contributed by atoms with Crippen molar-refractivity contribution in [2.24, 2.45) is 0 Å². The van der Waals surface area contributed by atoms with Crippen LogP contribution in [0.2, 0.25) is 0 Å². The number of unbranched alkanes of at least 4 members (excludes halogenated alkanes) is 11. The van der Waals surface area contributed by atoms with E-state index in [9.17, 15) is 4.79 Å². The van der Waals surface area contributed by atoms with Crippen molar-refractivity contribution in [3.8, 4) is 0 Å². The van der Waals surface area contributed by atoms with E-state index in [-0.39, 0.29) is 12.1 Å². The van der Waals surface area contributed by atoms with Gasteiger partial charge in [0.2, 0.25) is 0 Å². The topological polar surface area (TPSA) is 38.3 Å². The van der Waals surface area contributed by atoms with E-state index in [0.29, 0.717) is 6.42 Å². The van der Waals surface area contributed by atoms with Crippen molar-refractivity contribution in [1.82, 2.24) is 5.32 Å². The van der Waals surface area contributed by atoms with E-state index in [1.54, 1.807) is 0 Å². The number of hydrogen-bond donors (Lipinski definition) is 1. The summed E-state index contributed by atoms with van der Waals surface area (Å²) < 4.78 is 5.41. The van der Waals surface area contributed by atoms with E-state index in [0.717, 1.165) is 25.9 Å². The molecule has 0 aromatic heterocycles. The summed E-state index contributed by atoms with van der Waals surface area (Å²) in [5, 5.41) is 3.22. The fourth-order valence-electron chi connectivity index (χ4n) is 3.08.